The SMILES string of the molecule is CCCCNC(=O)C1(NC(=O)CCc2c(C)nc3nc(C(F)(F)F)nn3c2C)CCCCC1. The van der Waals surface area contributed by atoms with Crippen molar-refractivity contribution in [2.45, 2.75) is 90.3 Å². The van der Waals surface area contributed by atoms with Gasteiger partial charge in [0, 0.05) is 24.4 Å². The Hall–Kier alpha value is -2.72. The second kappa shape index (κ2) is 10.0. The molecule has 2 N–H and O–H groups in total. The zero-order valence-corrected chi connectivity index (χ0v) is 19.3. The third kappa shape index (κ3) is 5.62. The molecule has 0 saturated heterocycles. The minimum absolute atomic E-state index is 0.0830. The largest absolute Gasteiger partial charge is 0.453 e. The van der Waals surface area contributed by atoms with Crippen molar-refractivity contribution in [3.8, 4) is 0 Å². The van der Waals surface area contributed by atoms with Gasteiger partial charge in [0.15, 0.2) is 0 Å². The molecule has 1 saturated carbocycles. The third-order valence-corrected chi connectivity index (χ3v) is 6.24. The number of hydrogen-bond acceptors (Lipinski definition) is 5. The molecule has 1 aliphatic carbocycles. The van der Waals surface area contributed by atoms with E-state index in [-0.39, 0.29) is 30.4 Å². The maximum absolute atomic E-state index is 13.0. The number of fused-ring (bicyclic) bond motifs is 1. The highest BCUT2D eigenvalue weighted by atomic mass is 19.4. The van der Waals surface area contributed by atoms with Gasteiger partial charge in [-0.15, -0.1) is 5.10 Å². The van der Waals surface area contributed by atoms with Crippen molar-refractivity contribution in [2.24, 2.45) is 0 Å². The van der Waals surface area contributed by atoms with Crippen molar-refractivity contribution < 1.29 is 22.8 Å². The van der Waals surface area contributed by atoms with Crippen LogP contribution in [0.1, 0.15) is 81.1 Å². The van der Waals surface area contributed by atoms with Gasteiger partial charge < -0.3 is 10.6 Å². The molecule has 0 bridgehead atoms. The number of unbranched alkanes of at least 4 members (excludes halogenated alkanes) is 1. The molecule has 0 aliphatic heterocycles. The summed E-state index contributed by atoms with van der Waals surface area (Å²) in [4.78, 5) is 33.4. The van der Waals surface area contributed by atoms with Crippen LogP contribution in [0.2, 0.25) is 0 Å². The van der Waals surface area contributed by atoms with Crippen LogP contribution in [-0.2, 0) is 22.2 Å². The summed E-state index contributed by atoms with van der Waals surface area (Å²) in [6.07, 6.45) is 1.49. The van der Waals surface area contributed by atoms with Crippen molar-refractivity contribution in [1.82, 2.24) is 30.2 Å². The van der Waals surface area contributed by atoms with Crippen molar-refractivity contribution in [3.63, 3.8) is 0 Å². The van der Waals surface area contributed by atoms with Crippen molar-refractivity contribution >= 4 is 17.6 Å². The first-order chi connectivity index (χ1) is 15.6. The molecule has 33 heavy (non-hydrogen) atoms. The molecule has 1 fully saturated rings. The van der Waals surface area contributed by atoms with Crippen molar-refractivity contribution in [3.05, 3.63) is 22.8 Å². The number of nitrogens with one attached hydrogen (secondary N) is 2. The summed E-state index contributed by atoms with van der Waals surface area (Å²) in [7, 11) is 0. The standard InChI is InChI=1S/C22H31F3N6O2/c1-4-5-13-26-19(33)21(11-7-6-8-12-21)29-17(32)10-9-16-14(2)27-20-28-18(22(23,24)25)30-31(20)15(16)3/h4-13H2,1-3H3,(H,26,33)(H,29,32). The number of amides is 2. The molecule has 2 heterocycles. The molecule has 2 aromatic heterocycles. The van der Waals surface area contributed by atoms with E-state index in [0.29, 0.717) is 36.3 Å². The predicted octanol–water partition coefficient (Wildman–Crippen LogP) is 3.43. The number of rotatable bonds is 8. The summed E-state index contributed by atoms with van der Waals surface area (Å²) in [5.41, 5.74) is 0.695. The fourth-order valence-electron chi connectivity index (χ4n) is 4.37. The highest BCUT2D eigenvalue weighted by molar-refractivity contribution is 5.91. The van der Waals surface area contributed by atoms with Crippen molar-refractivity contribution in [2.75, 3.05) is 6.54 Å². The van der Waals surface area contributed by atoms with Gasteiger partial charge in [-0.05, 0) is 45.1 Å². The summed E-state index contributed by atoms with van der Waals surface area (Å²) in [5, 5.41) is 9.47. The van der Waals surface area contributed by atoms with Crippen LogP contribution in [-0.4, -0.2) is 43.5 Å². The van der Waals surface area contributed by atoms with E-state index in [0.717, 1.165) is 36.6 Å². The fraction of sp³-hybridized carbons (Fsp3) is 0.682. The summed E-state index contributed by atoms with van der Waals surface area (Å²) >= 11 is 0. The lowest BCUT2D eigenvalue weighted by Gasteiger charge is -2.36. The molecule has 1 aliphatic rings. The van der Waals surface area contributed by atoms with Crippen LogP contribution in [0.4, 0.5) is 13.2 Å². The molecule has 182 valence electrons. The first-order valence-electron chi connectivity index (χ1n) is 11.5. The van der Waals surface area contributed by atoms with Crippen LogP contribution >= 0.6 is 0 Å². The molecule has 0 atom stereocenters. The van der Waals surface area contributed by atoms with Gasteiger partial charge in [-0.1, -0.05) is 32.6 Å². The van der Waals surface area contributed by atoms with Gasteiger partial charge in [-0.25, -0.2) is 9.50 Å². The zero-order valence-electron chi connectivity index (χ0n) is 19.3. The maximum atomic E-state index is 13.0. The molecule has 0 spiro atoms. The van der Waals surface area contributed by atoms with Gasteiger partial charge in [0.2, 0.25) is 11.8 Å². The van der Waals surface area contributed by atoms with E-state index in [9.17, 15) is 22.8 Å². The molecule has 0 radical (unpaired) electrons. The summed E-state index contributed by atoms with van der Waals surface area (Å²) in [6, 6.07) is 0. The molecular weight excluding hydrogens is 437 g/mol. The van der Waals surface area contributed by atoms with Crippen LogP contribution in [0.15, 0.2) is 0 Å². The average molecular weight is 469 g/mol. The van der Waals surface area contributed by atoms with Crippen LogP contribution < -0.4 is 10.6 Å². The van der Waals surface area contributed by atoms with E-state index >= 15 is 0 Å². The molecule has 11 heteroatoms. The van der Waals surface area contributed by atoms with Crippen LogP contribution in [0.5, 0.6) is 0 Å². The van der Waals surface area contributed by atoms with E-state index in [1.54, 1.807) is 13.8 Å². The van der Waals surface area contributed by atoms with E-state index in [1.807, 2.05) is 6.92 Å². The molecule has 8 nitrogen and oxygen atoms in total. The fourth-order valence-corrected chi connectivity index (χ4v) is 4.37. The molecule has 2 amide bonds. The topological polar surface area (TPSA) is 101 Å². The van der Waals surface area contributed by atoms with Crippen LogP contribution in [0.25, 0.3) is 5.78 Å². The summed E-state index contributed by atoms with van der Waals surface area (Å²) in [5.74, 6) is -1.78. The number of carbonyl (C=O) groups is 2. The monoisotopic (exact) mass is 468 g/mol. The van der Waals surface area contributed by atoms with Gasteiger partial charge in [0.25, 0.3) is 11.6 Å². The Morgan fingerprint density at radius 2 is 1.82 bits per heavy atom. The number of alkyl halides is 3. The first-order valence-corrected chi connectivity index (χ1v) is 11.5. The van der Waals surface area contributed by atoms with E-state index in [4.69, 9.17) is 0 Å². The Balaban J connectivity index is 1.73. The lowest BCUT2D eigenvalue weighted by molar-refractivity contribution is -0.144. The first kappa shape index (κ1) is 24.9. The number of hydrogen-bond donors (Lipinski definition) is 2. The molecule has 2 aromatic rings. The Kier molecular flexibility index (Phi) is 7.58. The number of aryl methyl sites for hydroxylation is 2. The summed E-state index contributed by atoms with van der Waals surface area (Å²) < 4.78 is 40.0. The second-order valence-corrected chi connectivity index (χ2v) is 8.71. The Morgan fingerprint density at radius 1 is 1.12 bits per heavy atom. The van der Waals surface area contributed by atoms with E-state index in [2.05, 4.69) is 25.7 Å². The number of carbonyl (C=O) groups excluding carboxylic acids is 2. The Morgan fingerprint density at radius 3 is 2.45 bits per heavy atom. The Bertz CT molecular complexity index is 1010. The predicted molar refractivity (Wildman–Crippen MR) is 115 cm³/mol. The van der Waals surface area contributed by atoms with Gasteiger partial charge in [-0.3, -0.25) is 9.59 Å². The van der Waals surface area contributed by atoms with Crippen LogP contribution in [0, 0.1) is 13.8 Å². The minimum atomic E-state index is -4.67. The number of aromatic nitrogens is 4. The lowest BCUT2D eigenvalue weighted by atomic mass is 9.80. The zero-order chi connectivity index (χ0) is 24.2. The maximum Gasteiger partial charge on any atom is 0.453 e. The van der Waals surface area contributed by atoms with Gasteiger partial charge in [0.05, 0.1) is 0 Å². The van der Waals surface area contributed by atoms with E-state index < -0.39 is 17.5 Å². The average Bonchev–Trinajstić information content (AvgIpc) is 3.19. The minimum Gasteiger partial charge on any atom is -0.354 e. The molecule has 0 unspecified atom stereocenters. The van der Waals surface area contributed by atoms with Crippen LogP contribution in [0.3, 0.4) is 0 Å². The normalized spacial score (nSPS) is 16.1. The number of halogens is 3. The van der Waals surface area contributed by atoms with Gasteiger partial charge in [0.1, 0.15) is 5.54 Å². The lowest BCUT2D eigenvalue weighted by Crippen LogP contribution is -2.59. The highest BCUT2D eigenvalue weighted by Gasteiger charge is 2.40. The highest BCUT2D eigenvalue weighted by Crippen LogP contribution is 2.29. The van der Waals surface area contributed by atoms with E-state index in [1.165, 1.54) is 0 Å². The quantitative estimate of drug-likeness (QED) is 0.578. The summed E-state index contributed by atoms with van der Waals surface area (Å²) in [6.45, 7) is 5.93. The van der Waals surface area contributed by atoms with Gasteiger partial charge >= 0.3 is 6.18 Å². The second-order valence-electron chi connectivity index (χ2n) is 8.71. The van der Waals surface area contributed by atoms with Gasteiger partial charge in [-0.2, -0.15) is 18.2 Å². The molecule has 0 aromatic carbocycles. The molecular formula is C22H31F3N6O2. The number of nitrogens with zero attached hydrogens (tertiary/aromatic N) is 4. The Labute approximate surface area is 190 Å². The smallest absolute Gasteiger partial charge is 0.354 e. The third-order valence-electron chi connectivity index (χ3n) is 6.24. The molecule has 3 rings (SSSR count). The van der Waals surface area contributed by atoms with Crippen molar-refractivity contribution in [1.29, 1.82) is 0 Å².